The van der Waals surface area contributed by atoms with E-state index in [1.807, 2.05) is 5.32 Å². The lowest BCUT2D eigenvalue weighted by Gasteiger charge is -2.22. The van der Waals surface area contributed by atoms with Gasteiger partial charge in [0.05, 0.1) is 18.9 Å². The van der Waals surface area contributed by atoms with E-state index in [0.717, 1.165) is 6.92 Å². The minimum atomic E-state index is -1.75. The van der Waals surface area contributed by atoms with Crippen LogP contribution in [0.1, 0.15) is 25.3 Å². The van der Waals surface area contributed by atoms with Crippen molar-refractivity contribution in [1.82, 2.24) is 16.0 Å². The van der Waals surface area contributed by atoms with Crippen LogP contribution in [-0.4, -0.2) is 80.2 Å². The molecule has 0 aliphatic heterocycles. The van der Waals surface area contributed by atoms with E-state index >= 15 is 0 Å². The van der Waals surface area contributed by atoms with Crippen LogP contribution in [0.5, 0.6) is 5.75 Å². The summed E-state index contributed by atoms with van der Waals surface area (Å²) in [4.78, 5) is 70.0. The van der Waals surface area contributed by atoms with Crippen LogP contribution in [0.2, 0.25) is 0 Å². The minimum absolute atomic E-state index is 0.00996. The van der Waals surface area contributed by atoms with E-state index in [0.29, 0.717) is 5.56 Å². The number of phenolic OH excluding ortho intramolecular Hbond substituents is 1. The summed E-state index contributed by atoms with van der Waals surface area (Å²) in [6.45, 7) is 1.16. The molecule has 0 aromatic heterocycles. The molecule has 186 valence electrons. The Morgan fingerprint density at radius 1 is 0.794 bits per heavy atom. The number of carbonyl (C=O) groups excluding carboxylic acids is 3. The highest BCUT2D eigenvalue weighted by Crippen LogP contribution is 2.11. The molecule has 0 saturated carbocycles. The molecule has 0 radical (unpaired) electrons. The fourth-order valence-corrected chi connectivity index (χ4v) is 2.69. The second-order valence-electron chi connectivity index (χ2n) is 7.36. The Kier molecular flexibility index (Phi) is 10.4. The van der Waals surface area contributed by atoms with Crippen LogP contribution in [0.15, 0.2) is 24.3 Å². The van der Waals surface area contributed by atoms with Gasteiger partial charge in [-0.2, -0.15) is 0 Å². The molecule has 9 N–H and O–H groups in total. The quantitative estimate of drug-likeness (QED) is 0.149. The number of nitrogens with two attached hydrogens (primary N) is 1. The summed E-state index contributed by atoms with van der Waals surface area (Å²) in [7, 11) is 0. The van der Waals surface area contributed by atoms with Crippen molar-refractivity contribution in [2.75, 3.05) is 0 Å². The highest BCUT2D eigenvalue weighted by molar-refractivity contribution is 5.95. The van der Waals surface area contributed by atoms with Gasteiger partial charge in [-0.25, -0.2) is 4.79 Å². The van der Waals surface area contributed by atoms with E-state index in [-0.39, 0.29) is 12.2 Å². The normalized spacial score (nSPS) is 14.1. The number of aliphatic carboxylic acids is 3. The highest BCUT2D eigenvalue weighted by Gasteiger charge is 2.30. The van der Waals surface area contributed by atoms with Gasteiger partial charge >= 0.3 is 17.9 Å². The number of carboxylic acid groups (broad SMARTS) is 3. The maximum Gasteiger partial charge on any atom is 0.326 e. The van der Waals surface area contributed by atoms with Crippen molar-refractivity contribution < 1.29 is 49.2 Å². The average Bonchev–Trinajstić information content (AvgIpc) is 2.73. The summed E-state index contributed by atoms with van der Waals surface area (Å²) in [5.74, 6) is -7.44. The highest BCUT2D eigenvalue weighted by atomic mass is 16.4. The van der Waals surface area contributed by atoms with Gasteiger partial charge in [0.2, 0.25) is 17.7 Å². The van der Waals surface area contributed by atoms with Crippen molar-refractivity contribution in [3.8, 4) is 5.75 Å². The zero-order chi connectivity index (χ0) is 26.0. The van der Waals surface area contributed by atoms with Gasteiger partial charge in [-0.3, -0.25) is 24.0 Å². The van der Waals surface area contributed by atoms with Crippen molar-refractivity contribution in [2.45, 2.75) is 50.4 Å². The molecule has 1 aromatic rings. The molecule has 0 saturated heterocycles. The summed E-state index contributed by atoms with van der Waals surface area (Å²) >= 11 is 0. The molecule has 1 aromatic carbocycles. The number of phenols is 1. The Bertz CT molecular complexity index is 934. The first-order valence-corrected chi connectivity index (χ1v) is 9.91. The largest absolute Gasteiger partial charge is 0.508 e. The van der Waals surface area contributed by atoms with Crippen molar-refractivity contribution in [3.05, 3.63) is 29.8 Å². The second kappa shape index (κ2) is 12.7. The molecule has 14 nitrogen and oxygen atoms in total. The fourth-order valence-electron chi connectivity index (χ4n) is 2.69. The summed E-state index contributed by atoms with van der Waals surface area (Å²) in [5, 5.41) is 42.4. The molecule has 0 aliphatic rings. The van der Waals surface area contributed by atoms with E-state index in [9.17, 15) is 33.9 Å². The van der Waals surface area contributed by atoms with Crippen LogP contribution in [0.25, 0.3) is 0 Å². The van der Waals surface area contributed by atoms with Crippen molar-refractivity contribution >= 4 is 35.6 Å². The molecule has 4 atom stereocenters. The maximum atomic E-state index is 12.5. The molecule has 0 fully saturated rings. The van der Waals surface area contributed by atoms with E-state index < -0.39 is 72.6 Å². The Morgan fingerprint density at radius 3 is 1.79 bits per heavy atom. The number of carboxylic acids is 3. The minimum Gasteiger partial charge on any atom is -0.508 e. The predicted octanol–water partition coefficient (Wildman–Crippen LogP) is -2.23. The molecular formula is C20H26N4O10. The summed E-state index contributed by atoms with van der Waals surface area (Å²) < 4.78 is 0. The van der Waals surface area contributed by atoms with Crippen LogP contribution in [-0.2, 0) is 35.2 Å². The molecule has 3 amide bonds. The fraction of sp³-hybridized carbons (Fsp3) is 0.400. The smallest absolute Gasteiger partial charge is 0.326 e. The third-order valence-corrected chi connectivity index (χ3v) is 4.49. The summed E-state index contributed by atoms with van der Waals surface area (Å²) in [6, 6.07) is -0.0877. The zero-order valence-electron chi connectivity index (χ0n) is 18.1. The molecule has 34 heavy (non-hydrogen) atoms. The number of amides is 3. The lowest BCUT2D eigenvalue weighted by atomic mass is 10.0. The third kappa shape index (κ3) is 9.52. The van der Waals surface area contributed by atoms with Gasteiger partial charge in [0.25, 0.3) is 0 Å². The predicted molar refractivity (Wildman–Crippen MR) is 113 cm³/mol. The first-order valence-electron chi connectivity index (χ1n) is 9.91. The maximum absolute atomic E-state index is 12.5. The van der Waals surface area contributed by atoms with E-state index in [2.05, 4.69) is 10.6 Å². The van der Waals surface area contributed by atoms with Crippen molar-refractivity contribution in [3.63, 3.8) is 0 Å². The Balaban J connectivity index is 2.79. The lowest BCUT2D eigenvalue weighted by Crippen LogP contribution is -2.57. The van der Waals surface area contributed by atoms with Gasteiger partial charge in [0, 0.05) is 0 Å². The SMILES string of the molecule is CC(NC(=O)C(CC(=O)O)NC(=O)C(N)Cc1ccc(O)cc1)C(=O)NC(CC(=O)O)C(=O)O. The number of hydrogen-bond acceptors (Lipinski definition) is 8. The van der Waals surface area contributed by atoms with E-state index in [4.69, 9.17) is 21.1 Å². The monoisotopic (exact) mass is 482 g/mol. The summed E-state index contributed by atoms with van der Waals surface area (Å²) in [5.41, 5.74) is 6.41. The van der Waals surface area contributed by atoms with Crippen molar-refractivity contribution in [2.24, 2.45) is 5.73 Å². The second-order valence-corrected chi connectivity index (χ2v) is 7.36. The molecule has 0 heterocycles. The third-order valence-electron chi connectivity index (χ3n) is 4.49. The molecule has 0 spiro atoms. The van der Waals surface area contributed by atoms with Crippen molar-refractivity contribution in [1.29, 1.82) is 0 Å². The lowest BCUT2D eigenvalue weighted by molar-refractivity contribution is -0.147. The number of aromatic hydroxyl groups is 1. The standard InChI is InChI=1S/C20H26N4O10/c1-9(17(30)24-14(20(33)34)8-16(28)29)22-19(32)13(7-15(26)27)23-18(31)12(21)6-10-2-4-11(25)5-3-10/h2-5,9,12-14,25H,6-8,21H2,1H3,(H,22,32)(H,23,31)(H,24,30)(H,26,27)(H,28,29)(H,33,34). The summed E-state index contributed by atoms with van der Waals surface area (Å²) in [6.07, 6.45) is -1.72. The molecule has 0 bridgehead atoms. The molecule has 1 rings (SSSR count). The number of benzene rings is 1. The number of carbonyl (C=O) groups is 6. The van der Waals surface area contributed by atoms with Gasteiger partial charge < -0.3 is 42.1 Å². The van der Waals surface area contributed by atoms with E-state index in [1.165, 1.54) is 24.3 Å². The Labute approximate surface area is 193 Å². The van der Waals surface area contributed by atoms with Crippen LogP contribution < -0.4 is 21.7 Å². The molecule has 4 unspecified atom stereocenters. The number of hydrogen-bond donors (Lipinski definition) is 8. The molecule has 0 aliphatic carbocycles. The zero-order valence-corrected chi connectivity index (χ0v) is 18.1. The number of rotatable bonds is 13. The van der Waals surface area contributed by atoms with Crippen LogP contribution in [0, 0.1) is 0 Å². The Morgan fingerprint density at radius 2 is 1.29 bits per heavy atom. The van der Waals surface area contributed by atoms with Crippen LogP contribution >= 0.6 is 0 Å². The van der Waals surface area contributed by atoms with Gasteiger partial charge in [-0.05, 0) is 31.0 Å². The van der Waals surface area contributed by atoms with Crippen LogP contribution in [0.3, 0.4) is 0 Å². The average molecular weight is 482 g/mol. The van der Waals surface area contributed by atoms with Gasteiger partial charge in [0.1, 0.15) is 23.9 Å². The first-order chi connectivity index (χ1) is 15.8. The molecular weight excluding hydrogens is 456 g/mol. The van der Waals surface area contributed by atoms with E-state index in [1.54, 1.807) is 0 Å². The first kappa shape index (κ1) is 27.8. The van der Waals surface area contributed by atoms with Gasteiger partial charge in [-0.1, -0.05) is 12.1 Å². The van der Waals surface area contributed by atoms with Gasteiger partial charge in [-0.15, -0.1) is 0 Å². The Hall–Kier alpha value is -4.20. The van der Waals surface area contributed by atoms with Crippen LogP contribution in [0.4, 0.5) is 0 Å². The van der Waals surface area contributed by atoms with Gasteiger partial charge in [0.15, 0.2) is 0 Å². The molecule has 14 heteroatoms. The topological polar surface area (TPSA) is 245 Å². The number of nitrogens with one attached hydrogen (secondary N) is 3.